The second-order valence-corrected chi connectivity index (χ2v) is 4.20. The van der Waals surface area contributed by atoms with Crippen LogP contribution in [-0.4, -0.2) is 17.2 Å². The number of rotatable bonds is 5. The smallest absolute Gasteiger partial charge is 0.253 e. The highest BCUT2D eigenvalue weighted by Crippen LogP contribution is 2.26. The van der Waals surface area contributed by atoms with E-state index in [1.165, 1.54) is 12.1 Å². The van der Waals surface area contributed by atoms with Gasteiger partial charge in [0.05, 0.1) is 0 Å². The third-order valence-corrected chi connectivity index (χ3v) is 2.79. The summed E-state index contributed by atoms with van der Waals surface area (Å²) >= 11 is 0. The van der Waals surface area contributed by atoms with Gasteiger partial charge in [-0.05, 0) is 32.2 Å². The van der Waals surface area contributed by atoms with Crippen LogP contribution in [0.15, 0.2) is 22.6 Å². The molecule has 0 aliphatic carbocycles. The number of hydrogen-bond acceptors (Lipinski definition) is 5. The van der Waals surface area contributed by atoms with Gasteiger partial charge in [0.15, 0.2) is 6.61 Å². The van der Waals surface area contributed by atoms with Crippen molar-refractivity contribution >= 4 is 0 Å². The van der Waals surface area contributed by atoms with Crippen LogP contribution in [0, 0.1) is 12.7 Å². The Labute approximate surface area is 110 Å². The second kappa shape index (κ2) is 5.79. The van der Waals surface area contributed by atoms with Crippen molar-refractivity contribution in [3.63, 3.8) is 0 Å². The normalized spacial score (nSPS) is 12.4. The van der Waals surface area contributed by atoms with Crippen molar-refractivity contribution in [1.82, 2.24) is 15.5 Å². The summed E-state index contributed by atoms with van der Waals surface area (Å²) in [6, 6.07) is 4.40. The Morgan fingerprint density at radius 2 is 2.21 bits per heavy atom. The third-order valence-electron chi connectivity index (χ3n) is 2.79. The Kier molecular flexibility index (Phi) is 4.11. The predicted molar refractivity (Wildman–Crippen MR) is 67.2 cm³/mol. The molecule has 2 rings (SSSR count). The Bertz CT molecular complexity index is 557. The molecule has 6 heteroatoms. The zero-order chi connectivity index (χ0) is 13.8. The highest BCUT2D eigenvalue weighted by atomic mass is 19.1. The van der Waals surface area contributed by atoms with E-state index in [2.05, 4.69) is 15.5 Å². The molecule has 0 aliphatic rings. The largest absolute Gasteiger partial charge is 0.483 e. The molecule has 1 N–H and O–H groups in total. The van der Waals surface area contributed by atoms with Crippen LogP contribution in [0.4, 0.5) is 4.39 Å². The molecule has 1 atom stereocenters. The molecule has 1 aromatic carbocycles. The minimum absolute atomic E-state index is 0.0184. The maximum atomic E-state index is 13.3. The van der Waals surface area contributed by atoms with Gasteiger partial charge < -0.3 is 14.5 Å². The first-order chi connectivity index (χ1) is 9.10. The number of halogens is 1. The van der Waals surface area contributed by atoms with Crippen molar-refractivity contribution in [3.8, 4) is 5.75 Å². The lowest BCUT2D eigenvalue weighted by Gasteiger charge is -2.15. The lowest BCUT2D eigenvalue weighted by molar-refractivity contribution is 0.256. The fourth-order valence-electron chi connectivity index (χ4n) is 1.68. The number of hydrogen-bond donors (Lipinski definition) is 1. The SMILES string of the molecule is CNC(C)c1cc(F)ccc1OCc1nnc(C)o1. The molecule has 2 aromatic rings. The van der Waals surface area contributed by atoms with Crippen molar-refractivity contribution in [3.05, 3.63) is 41.4 Å². The lowest BCUT2D eigenvalue weighted by atomic mass is 10.1. The van der Waals surface area contributed by atoms with Crippen molar-refractivity contribution in [2.75, 3.05) is 7.05 Å². The average Bonchev–Trinajstić information content (AvgIpc) is 2.82. The van der Waals surface area contributed by atoms with E-state index in [0.717, 1.165) is 5.56 Å². The molecule has 0 bridgehead atoms. The Balaban J connectivity index is 2.15. The molecule has 0 radical (unpaired) electrons. The Hall–Kier alpha value is -1.95. The van der Waals surface area contributed by atoms with Gasteiger partial charge in [0.1, 0.15) is 11.6 Å². The Morgan fingerprint density at radius 1 is 1.42 bits per heavy atom. The highest BCUT2D eigenvalue weighted by Gasteiger charge is 2.12. The molecular weight excluding hydrogens is 249 g/mol. The molecule has 0 spiro atoms. The minimum atomic E-state index is -0.293. The van der Waals surface area contributed by atoms with E-state index < -0.39 is 0 Å². The van der Waals surface area contributed by atoms with Crippen LogP contribution in [-0.2, 0) is 6.61 Å². The van der Waals surface area contributed by atoms with Gasteiger partial charge in [-0.3, -0.25) is 0 Å². The monoisotopic (exact) mass is 265 g/mol. The molecule has 1 heterocycles. The summed E-state index contributed by atoms with van der Waals surface area (Å²) in [6.07, 6.45) is 0. The number of ether oxygens (including phenoxy) is 1. The lowest BCUT2D eigenvalue weighted by Crippen LogP contribution is -2.14. The van der Waals surface area contributed by atoms with Crippen LogP contribution in [0.2, 0.25) is 0 Å². The zero-order valence-corrected chi connectivity index (χ0v) is 11.1. The van der Waals surface area contributed by atoms with Crippen molar-refractivity contribution in [1.29, 1.82) is 0 Å². The summed E-state index contributed by atoms with van der Waals surface area (Å²) in [5, 5.41) is 10.6. The molecule has 0 aliphatic heterocycles. The fourth-order valence-corrected chi connectivity index (χ4v) is 1.68. The average molecular weight is 265 g/mol. The van der Waals surface area contributed by atoms with Crippen LogP contribution in [0.5, 0.6) is 5.75 Å². The summed E-state index contributed by atoms with van der Waals surface area (Å²) < 4.78 is 24.1. The first-order valence-corrected chi connectivity index (χ1v) is 5.98. The highest BCUT2D eigenvalue weighted by molar-refractivity contribution is 5.36. The van der Waals surface area contributed by atoms with Crippen molar-refractivity contribution in [2.24, 2.45) is 0 Å². The molecule has 102 valence electrons. The molecule has 0 saturated carbocycles. The number of aromatic nitrogens is 2. The van der Waals surface area contributed by atoms with E-state index in [9.17, 15) is 4.39 Å². The number of aryl methyl sites for hydroxylation is 1. The first kappa shape index (κ1) is 13.5. The van der Waals surface area contributed by atoms with Gasteiger partial charge in [0.25, 0.3) is 5.89 Å². The molecule has 5 nitrogen and oxygen atoms in total. The topological polar surface area (TPSA) is 60.2 Å². The summed E-state index contributed by atoms with van der Waals surface area (Å²) in [5.41, 5.74) is 0.749. The molecule has 0 saturated heterocycles. The zero-order valence-electron chi connectivity index (χ0n) is 11.1. The summed E-state index contributed by atoms with van der Waals surface area (Å²) in [6.45, 7) is 3.80. The van der Waals surface area contributed by atoms with Crippen LogP contribution in [0.1, 0.15) is 30.3 Å². The maximum absolute atomic E-state index is 13.3. The number of nitrogens with zero attached hydrogens (tertiary/aromatic N) is 2. The summed E-state index contributed by atoms with van der Waals surface area (Å²) in [4.78, 5) is 0. The van der Waals surface area contributed by atoms with E-state index in [4.69, 9.17) is 9.15 Å². The summed E-state index contributed by atoms with van der Waals surface area (Å²) in [7, 11) is 1.81. The molecule has 0 amide bonds. The number of benzene rings is 1. The molecule has 1 aromatic heterocycles. The van der Waals surface area contributed by atoms with Crippen LogP contribution in [0.3, 0.4) is 0 Å². The molecular formula is C13H16FN3O2. The van der Waals surface area contributed by atoms with Gasteiger partial charge >= 0.3 is 0 Å². The third kappa shape index (κ3) is 3.29. The van der Waals surface area contributed by atoms with Gasteiger partial charge in [-0.1, -0.05) is 0 Å². The van der Waals surface area contributed by atoms with E-state index in [-0.39, 0.29) is 18.5 Å². The minimum Gasteiger partial charge on any atom is -0.483 e. The van der Waals surface area contributed by atoms with Crippen LogP contribution < -0.4 is 10.1 Å². The van der Waals surface area contributed by atoms with E-state index >= 15 is 0 Å². The number of nitrogens with one attached hydrogen (secondary N) is 1. The summed E-state index contributed by atoms with van der Waals surface area (Å²) in [5.74, 6) is 1.18. The van der Waals surface area contributed by atoms with Gasteiger partial charge in [-0.2, -0.15) is 0 Å². The maximum Gasteiger partial charge on any atom is 0.253 e. The van der Waals surface area contributed by atoms with E-state index in [0.29, 0.717) is 17.5 Å². The standard InChI is InChI=1S/C13H16FN3O2/c1-8(15-3)11-6-10(14)4-5-12(11)18-7-13-17-16-9(2)19-13/h4-6,8,15H,7H2,1-3H3. The predicted octanol–water partition coefficient (Wildman–Crippen LogP) is 2.38. The second-order valence-electron chi connectivity index (χ2n) is 4.20. The van der Waals surface area contributed by atoms with Crippen LogP contribution in [0.25, 0.3) is 0 Å². The first-order valence-electron chi connectivity index (χ1n) is 5.98. The van der Waals surface area contributed by atoms with Gasteiger partial charge in [-0.25, -0.2) is 4.39 Å². The van der Waals surface area contributed by atoms with Crippen LogP contribution >= 0.6 is 0 Å². The van der Waals surface area contributed by atoms with Crippen molar-refractivity contribution < 1.29 is 13.5 Å². The van der Waals surface area contributed by atoms with Gasteiger partial charge in [0.2, 0.25) is 5.89 Å². The molecule has 0 fully saturated rings. The van der Waals surface area contributed by atoms with E-state index in [1.54, 1.807) is 20.0 Å². The van der Waals surface area contributed by atoms with Gasteiger partial charge in [-0.15, -0.1) is 10.2 Å². The van der Waals surface area contributed by atoms with Gasteiger partial charge in [0, 0.05) is 18.5 Å². The fraction of sp³-hybridized carbons (Fsp3) is 0.385. The molecule has 1 unspecified atom stereocenters. The quantitative estimate of drug-likeness (QED) is 0.899. The Morgan fingerprint density at radius 3 is 2.84 bits per heavy atom. The van der Waals surface area contributed by atoms with E-state index in [1.807, 2.05) is 6.92 Å². The molecule has 19 heavy (non-hydrogen) atoms. The van der Waals surface area contributed by atoms with Crippen molar-refractivity contribution in [2.45, 2.75) is 26.5 Å².